The fourth-order valence-electron chi connectivity index (χ4n) is 1.44. The van der Waals surface area contributed by atoms with Gasteiger partial charge in [-0.1, -0.05) is 23.4 Å². The molecule has 100 valence electrons. The van der Waals surface area contributed by atoms with Crippen LogP contribution in [0.4, 0.5) is 5.69 Å². The monoisotopic (exact) mass is 287 g/mol. The Hall–Kier alpha value is -2.42. The van der Waals surface area contributed by atoms with Gasteiger partial charge in [0.15, 0.2) is 0 Å². The van der Waals surface area contributed by atoms with E-state index in [0.717, 1.165) is 0 Å². The van der Waals surface area contributed by atoms with E-state index < -0.39 is 5.91 Å². The number of nitrogens with zero attached hydrogens (tertiary/aromatic N) is 2. The zero-order chi connectivity index (χ0) is 14.4. The van der Waals surface area contributed by atoms with Gasteiger partial charge in [-0.2, -0.15) is 0 Å². The van der Waals surface area contributed by atoms with Crippen LogP contribution in [0, 0.1) is 11.8 Å². The lowest BCUT2D eigenvalue weighted by Crippen LogP contribution is -2.14. The van der Waals surface area contributed by atoms with E-state index in [1.54, 1.807) is 18.2 Å². The molecule has 1 heterocycles. The van der Waals surface area contributed by atoms with Crippen molar-refractivity contribution >= 4 is 23.2 Å². The number of nitrogens with one attached hydrogen (secondary N) is 1. The molecule has 0 bridgehead atoms. The number of aliphatic hydroxyl groups excluding tert-OH is 1. The molecule has 0 fully saturated rings. The first-order valence-corrected chi connectivity index (χ1v) is 6.05. The molecule has 0 aliphatic heterocycles. The van der Waals surface area contributed by atoms with Crippen molar-refractivity contribution in [3.63, 3.8) is 0 Å². The van der Waals surface area contributed by atoms with E-state index in [4.69, 9.17) is 16.7 Å². The van der Waals surface area contributed by atoms with Crippen LogP contribution in [0.2, 0.25) is 5.02 Å². The second-order valence-corrected chi connectivity index (χ2v) is 4.11. The van der Waals surface area contributed by atoms with Crippen LogP contribution in [-0.2, 0) is 0 Å². The Morgan fingerprint density at radius 3 is 2.95 bits per heavy atom. The normalized spacial score (nSPS) is 9.50. The number of halogens is 1. The van der Waals surface area contributed by atoms with Crippen molar-refractivity contribution in [3.05, 3.63) is 53.1 Å². The number of carbonyl (C=O) groups excluding carboxylic acids is 1. The molecule has 2 N–H and O–H groups in total. The molecule has 5 nitrogen and oxygen atoms in total. The van der Waals surface area contributed by atoms with E-state index in [9.17, 15) is 4.79 Å². The first kappa shape index (κ1) is 14.0. The Labute approximate surface area is 120 Å². The van der Waals surface area contributed by atoms with Gasteiger partial charge in [-0.05, 0) is 18.2 Å². The second-order valence-electron chi connectivity index (χ2n) is 3.70. The Morgan fingerprint density at radius 1 is 1.40 bits per heavy atom. The van der Waals surface area contributed by atoms with E-state index >= 15 is 0 Å². The molecule has 1 aromatic carbocycles. The maximum absolute atomic E-state index is 11.9. The van der Waals surface area contributed by atoms with Gasteiger partial charge in [-0.15, -0.1) is 0 Å². The van der Waals surface area contributed by atoms with Gasteiger partial charge in [0.2, 0.25) is 0 Å². The van der Waals surface area contributed by atoms with Gasteiger partial charge in [0.25, 0.3) is 5.91 Å². The van der Waals surface area contributed by atoms with Gasteiger partial charge >= 0.3 is 0 Å². The number of carbonyl (C=O) groups is 1. The summed E-state index contributed by atoms with van der Waals surface area (Å²) in [6.45, 7) is -0.232. The number of hydrogen-bond donors (Lipinski definition) is 2. The van der Waals surface area contributed by atoms with Crippen LogP contribution >= 0.6 is 11.6 Å². The van der Waals surface area contributed by atoms with Crippen molar-refractivity contribution in [1.82, 2.24) is 9.97 Å². The topological polar surface area (TPSA) is 75.1 Å². The molecule has 0 unspecified atom stereocenters. The molecule has 20 heavy (non-hydrogen) atoms. The highest BCUT2D eigenvalue weighted by Crippen LogP contribution is 2.23. The van der Waals surface area contributed by atoms with E-state index in [0.29, 0.717) is 16.3 Å². The molecule has 0 atom stereocenters. The first-order valence-electron chi connectivity index (χ1n) is 5.67. The van der Waals surface area contributed by atoms with Gasteiger partial charge in [-0.25, -0.2) is 4.98 Å². The minimum atomic E-state index is -0.410. The largest absolute Gasteiger partial charge is 0.384 e. The zero-order valence-electron chi connectivity index (χ0n) is 10.3. The predicted molar refractivity (Wildman–Crippen MR) is 75.4 cm³/mol. The SMILES string of the molecule is O=C(Nc1cc(C#CCO)ccc1Cl)c1cnccn1. The summed E-state index contributed by atoms with van der Waals surface area (Å²) in [5, 5.41) is 11.7. The van der Waals surface area contributed by atoms with Gasteiger partial charge in [0.05, 0.1) is 16.9 Å². The van der Waals surface area contributed by atoms with Gasteiger partial charge in [0, 0.05) is 18.0 Å². The molecule has 6 heteroatoms. The molecular weight excluding hydrogens is 278 g/mol. The van der Waals surface area contributed by atoms with Crippen LogP contribution in [0.3, 0.4) is 0 Å². The van der Waals surface area contributed by atoms with Crippen molar-refractivity contribution < 1.29 is 9.90 Å². The molecular formula is C14H10ClN3O2. The molecule has 2 aromatic rings. The number of aromatic nitrogens is 2. The lowest BCUT2D eigenvalue weighted by molar-refractivity contribution is 0.102. The third-order valence-electron chi connectivity index (χ3n) is 2.32. The summed E-state index contributed by atoms with van der Waals surface area (Å²) in [5.41, 5.74) is 1.25. The fraction of sp³-hybridized carbons (Fsp3) is 0.0714. The molecule has 0 radical (unpaired) electrons. The number of hydrogen-bond acceptors (Lipinski definition) is 4. The maximum Gasteiger partial charge on any atom is 0.275 e. The number of anilines is 1. The summed E-state index contributed by atoms with van der Waals surface area (Å²) < 4.78 is 0. The molecule has 2 rings (SSSR count). The quantitative estimate of drug-likeness (QED) is 0.825. The Kier molecular flexibility index (Phi) is 4.66. The van der Waals surface area contributed by atoms with Crippen molar-refractivity contribution in [2.24, 2.45) is 0 Å². The highest BCUT2D eigenvalue weighted by molar-refractivity contribution is 6.33. The van der Waals surface area contributed by atoms with Crippen LogP contribution in [-0.4, -0.2) is 27.6 Å². The second kappa shape index (κ2) is 6.66. The van der Waals surface area contributed by atoms with Crippen LogP contribution in [0.15, 0.2) is 36.8 Å². The molecule has 1 aromatic heterocycles. The summed E-state index contributed by atoms with van der Waals surface area (Å²) in [5.74, 6) is 4.85. The lowest BCUT2D eigenvalue weighted by Gasteiger charge is -2.07. The summed E-state index contributed by atoms with van der Waals surface area (Å²) in [6.07, 6.45) is 4.27. The third-order valence-corrected chi connectivity index (χ3v) is 2.65. The summed E-state index contributed by atoms with van der Waals surface area (Å²) in [4.78, 5) is 19.7. The highest BCUT2D eigenvalue weighted by Gasteiger charge is 2.10. The molecule has 0 aliphatic rings. The third kappa shape index (κ3) is 3.54. The standard InChI is InChI=1S/C14H10ClN3O2/c15-11-4-3-10(2-1-7-19)8-12(11)18-14(20)13-9-16-5-6-17-13/h3-6,8-9,19H,7H2,(H,18,20). The van der Waals surface area contributed by atoms with Crippen molar-refractivity contribution in [1.29, 1.82) is 0 Å². The summed E-state index contributed by atoms with van der Waals surface area (Å²) >= 11 is 6.01. The van der Waals surface area contributed by atoms with E-state index in [1.807, 2.05) is 0 Å². The van der Waals surface area contributed by atoms with E-state index in [1.165, 1.54) is 18.6 Å². The number of rotatable bonds is 2. The van der Waals surface area contributed by atoms with Crippen LogP contribution in [0.25, 0.3) is 0 Å². The maximum atomic E-state index is 11.9. The van der Waals surface area contributed by atoms with Crippen molar-refractivity contribution in [2.45, 2.75) is 0 Å². The minimum absolute atomic E-state index is 0.190. The number of aliphatic hydroxyl groups is 1. The average Bonchev–Trinajstić information content (AvgIpc) is 2.49. The molecule has 1 amide bonds. The minimum Gasteiger partial charge on any atom is -0.384 e. The highest BCUT2D eigenvalue weighted by atomic mass is 35.5. The Bertz CT molecular complexity index is 678. The average molecular weight is 288 g/mol. The molecule has 0 saturated heterocycles. The van der Waals surface area contributed by atoms with E-state index in [-0.39, 0.29) is 12.3 Å². The smallest absolute Gasteiger partial charge is 0.275 e. The predicted octanol–water partition coefficient (Wildman–Crippen LogP) is 1.73. The zero-order valence-corrected chi connectivity index (χ0v) is 11.1. The Morgan fingerprint density at radius 2 is 2.25 bits per heavy atom. The van der Waals surface area contributed by atoms with Gasteiger partial charge < -0.3 is 10.4 Å². The Balaban J connectivity index is 2.22. The van der Waals surface area contributed by atoms with Crippen LogP contribution < -0.4 is 5.32 Å². The molecule has 0 spiro atoms. The van der Waals surface area contributed by atoms with Crippen LogP contribution in [0.1, 0.15) is 16.1 Å². The summed E-state index contributed by atoms with van der Waals surface area (Å²) in [7, 11) is 0. The molecule has 0 saturated carbocycles. The summed E-state index contributed by atoms with van der Waals surface area (Å²) in [6, 6.07) is 4.94. The van der Waals surface area contributed by atoms with Crippen LogP contribution in [0.5, 0.6) is 0 Å². The number of benzene rings is 1. The number of amides is 1. The molecule has 0 aliphatic carbocycles. The lowest BCUT2D eigenvalue weighted by atomic mass is 10.2. The van der Waals surface area contributed by atoms with Crippen molar-refractivity contribution in [3.8, 4) is 11.8 Å². The fourth-order valence-corrected chi connectivity index (χ4v) is 1.61. The van der Waals surface area contributed by atoms with E-state index in [2.05, 4.69) is 27.1 Å². The van der Waals surface area contributed by atoms with Gasteiger partial charge in [-0.3, -0.25) is 9.78 Å². The first-order chi connectivity index (χ1) is 9.70. The van der Waals surface area contributed by atoms with Gasteiger partial charge in [0.1, 0.15) is 12.3 Å². The van der Waals surface area contributed by atoms with Crippen molar-refractivity contribution in [2.75, 3.05) is 11.9 Å².